The molecule has 1 heterocycles. The lowest BCUT2D eigenvalue weighted by atomic mass is 9.91. The van der Waals surface area contributed by atoms with Crippen LogP contribution < -0.4 is 5.32 Å². The fourth-order valence-corrected chi connectivity index (χ4v) is 3.25. The van der Waals surface area contributed by atoms with Crippen LogP contribution in [0.5, 0.6) is 0 Å². The standard InChI is InChI=1S/C18H35F3N4/c1-6-24(14-18(19,20)21)12-15-8-11-25(13-15)16(22-5)23-10-7-9-17(2,3)4/h15H,6-14H2,1-5H3,(H,22,23). The number of likely N-dealkylation sites (tertiary alicyclic amines) is 1. The van der Waals surface area contributed by atoms with E-state index in [2.05, 4.69) is 36.0 Å². The van der Waals surface area contributed by atoms with Gasteiger partial charge in [-0.2, -0.15) is 13.2 Å². The van der Waals surface area contributed by atoms with Crippen molar-refractivity contribution >= 4 is 5.96 Å². The zero-order valence-corrected chi connectivity index (χ0v) is 16.4. The monoisotopic (exact) mass is 364 g/mol. The highest BCUT2D eigenvalue weighted by Gasteiger charge is 2.32. The summed E-state index contributed by atoms with van der Waals surface area (Å²) < 4.78 is 37.8. The predicted octanol–water partition coefficient (Wildman–Crippen LogP) is 3.59. The lowest BCUT2D eigenvalue weighted by Gasteiger charge is -2.26. The maximum absolute atomic E-state index is 12.6. The third-order valence-corrected chi connectivity index (χ3v) is 4.55. The van der Waals surface area contributed by atoms with Gasteiger partial charge in [-0.05, 0) is 37.1 Å². The van der Waals surface area contributed by atoms with Gasteiger partial charge < -0.3 is 10.2 Å². The summed E-state index contributed by atoms with van der Waals surface area (Å²) in [7, 11) is 1.77. The summed E-state index contributed by atoms with van der Waals surface area (Å²) in [4.78, 5) is 8.00. The van der Waals surface area contributed by atoms with Crippen molar-refractivity contribution in [1.82, 2.24) is 15.1 Å². The highest BCUT2D eigenvalue weighted by molar-refractivity contribution is 5.80. The Hall–Kier alpha value is -0.980. The van der Waals surface area contributed by atoms with Crippen molar-refractivity contribution < 1.29 is 13.2 Å². The number of rotatable bonds is 7. The molecule has 7 heteroatoms. The summed E-state index contributed by atoms with van der Waals surface area (Å²) in [5.41, 5.74) is 0.325. The summed E-state index contributed by atoms with van der Waals surface area (Å²) in [6, 6.07) is 0. The van der Waals surface area contributed by atoms with Gasteiger partial charge in [0, 0.05) is 33.2 Å². The first-order valence-electron chi connectivity index (χ1n) is 9.29. The van der Waals surface area contributed by atoms with Crippen molar-refractivity contribution in [3.63, 3.8) is 0 Å². The molecule has 0 aromatic rings. The molecule has 1 rings (SSSR count). The molecule has 1 N–H and O–H groups in total. The summed E-state index contributed by atoms with van der Waals surface area (Å²) in [5, 5.41) is 3.39. The van der Waals surface area contributed by atoms with Crippen LogP contribution in [-0.4, -0.2) is 68.3 Å². The summed E-state index contributed by atoms with van der Waals surface area (Å²) in [5.74, 6) is 1.13. The Labute approximate surface area is 150 Å². The van der Waals surface area contributed by atoms with Crippen molar-refractivity contribution in [3.05, 3.63) is 0 Å². The van der Waals surface area contributed by atoms with Crippen LogP contribution in [0.1, 0.15) is 47.0 Å². The van der Waals surface area contributed by atoms with Crippen LogP contribution in [-0.2, 0) is 0 Å². The molecule has 0 bridgehead atoms. The Morgan fingerprint density at radius 3 is 2.48 bits per heavy atom. The first kappa shape index (κ1) is 22.1. The van der Waals surface area contributed by atoms with E-state index in [1.807, 2.05) is 0 Å². The smallest absolute Gasteiger partial charge is 0.356 e. The topological polar surface area (TPSA) is 30.9 Å². The second-order valence-electron chi connectivity index (χ2n) is 8.18. The number of guanidine groups is 1. The van der Waals surface area contributed by atoms with Crippen LogP contribution in [0.2, 0.25) is 0 Å². The van der Waals surface area contributed by atoms with Gasteiger partial charge in [-0.15, -0.1) is 0 Å². The molecule has 0 aliphatic carbocycles. The highest BCUT2D eigenvalue weighted by Crippen LogP contribution is 2.22. The molecule has 0 aromatic heterocycles. The zero-order valence-electron chi connectivity index (χ0n) is 16.4. The van der Waals surface area contributed by atoms with E-state index in [0.29, 0.717) is 18.5 Å². The van der Waals surface area contributed by atoms with E-state index in [0.717, 1.165) is 44.9 Å². The lowest BCUT2D eigenvalue weighted by molar-refractivity contribution is -0.146. The maximum atomic E-state index is 12.6. The van der Waals surface area contributed by atoms with E-state index in [1.54, 1.807) is 14.0 Å². The number of hydrogen-bond donors (Lipinski definition) is 1. The molecular weight excluding hydrogens is 329 g/mol. The zero-order chi connectivity index (χ0) is 19.1. The first-order valence-corrected chi connectivity index (χ1v) is 9.29. The van der Waals surface area contributed by atoms with E-state index in [-0.39, 0.29) is 5.92 Å². The number of alkyl halides is 3. The van der Waals surface area contributed by atoms with Gasteiger partial charge in [0.15, 0.2) is 5.96 Å². The van der Waals surface area contributed by atoms with Crippen LogP contribution in [0.3, 0.4) is 0 Å². The fraction of sp³-hybridized carbons (Fsp3) is 0.944. The molecule has 1 aliphatic heterocycles. The van der Waals surface area contributed by atoms with Gasteiger partial charge in [0.2, 0.25) is 0 Å². The van der Waals surface area contributed by atoms with Crippen LogP contribution in [0.15, 0.2) is 4.99 Å². The average Bonchev–Trinajstić information content (AvgIpc) is 2.92. The second kappa shape index (κ2) is 9.64. The molecule has 0 saturated carbocycles. The maximum Gasteiger partial charge on any atom is 0.401 e. The van der Waals surface area contributed by atoms with Crippen LogP contribution >= 0.6 is 0 Å². The molecular formula is C18H35F3N4. The van der Waals surface area contributed by atoms with Gasteiger partial charge in [-0.1, -0.05) is 27.7 Å². The molecule has 1 atom stereocenters. The third kappa shape index (κ3) is 9.33. The molecule has 0 radical (unpaired) electrons. The average molecular weight is 365 g/mol. The Morgan fingerprint density at radius 2 is 1.96 bits per heavy atom. The van der Waals surface area contributed by atoms with E-state index in [9.17, 15) is 13.2 Å². The number of aliphatic imine (C=N–C) groups is 1. The summed E-state index contributed by atoms with van der Waals surface area (Å²) in [6.07, 6.45) is -0.993. The molecule has 4 nitrogen and oxygen atoms in total. The van der Waals surface area contributed by atoms with E-state index < -0.39 is 12.7 Å². The highest BCUT2D eigenvalue weighted by atomic mass is 19.4. The Balaban J connectivity index is 2.40. The predicted molar refractivity (Wildman–Crippen MR) is 97.9 cm³/mol. The number of nitrogens with zero attached hydrogens (tertiary/aromatic N) is 3. The number of nitrogens with one attached hydrogen (secondary N) is 1. The molecule has 1 unspecified atom stereocenters. The minimum absolute atomic E-state index is 0.260. The Kier molecular flexibility index (Phi) is 8.51. The molecule has 0 amide bonds. The molecule has 1 aliphatic rings. The first-order chi connectivity index (χ1) is 11.5. The van der Waals surface area contributed by atoms with E-state index >= 15 is 0 Å². The second-order valence-corrected chi connectivity index (χ2v) is 8.18. The minimum atomic E-state index is -4.13. The molecule has 1 fully saturated rings. The van der Waals surface area contributed by atoms with Crippen molar-refractivity contribution in [2.75, 3.05) is 46.3 Å². The van der Waals surface area contributed by atoms with Gasteiger partial charge in [0.1, 0.15) is 0 Å². The van der Waals surface area contributed by atoms with Gasteiger partial charge in [0.25, 0.3) is 0 Å². The fourth-order valence-electron chi connectivity index (χ4n) is 3.25. The van der Waals surface area contributed by atoms with Crippen molar-refractivity contribution in [2.24, 2.45) is 16.3 Å². The molecule has 1 saturated heterocycles. The number of hydrogen-bond acceptors (Lipinski definition) is 2. The van der Waals surface area contributed by atoms with Crippen LogP contribution in [0.4, 0.5) is 13.2 Å². The normalized spacial score (nSPS) is 19.8. The number of halogens is 3. The van der Waals surface area contributed by atoms with Gasteiger partial charge in [-0.25, -0.2) is 0 Å². The van der Waals surface area contributed by atoms with Crippen molar-refractivity contribution in [1.29, 1.82) is 0 Å². The van der Waals surface area contributed by atoms with Gasteiger partial charge in [0.05, 0.1) is 6.54 Å². The third-order valence-electron chi connectivity index (χ3n) is 4.55. The minimum Gasteiger partial charge on any atom is -0.356 e. The van der Waals surface area contributed by atoms with Crippen molar-refractivity contribution in [3.8, 4) is 0 Å². The molecule has 148 valence electrons. The largest absolute Gasteiger partial charge is 0.401 e. The molecule has 0 aromatic carbocycles. The van der Waals surface area contributed by atoms with Crippen LogP contribution in [0, 0.1) is 11.3 Å². The Morgan fingerprint density at radius 1 is 1.28 bits per heavy atom. The van der Waals surface area contributed by atoms with Crippen LogP contribution in [0.25, 0.3) is 0 Å². The van der Waals surface area contributed by atoms with Gasteiger partial charge >= 0.3 is 6.18 Å². The van der Waals surface area contributed by atoms with Crippen molar-refractivity contribution in [2.45, 2.75) is 53.1 Å². The Bertz CT molecular complexity index is 416. The molecule has 0 spiro atoms. The SMILES string of the molecule is CCN(CC1CCN(C(=NC)NCCCC(C)(C)C)C1)CC(F)(F)F. The van der Waals surface area contributed by atoms with Gasteiger partial charge in [-0.3, -0.25) is 9.89 Å². The van der Waals surface area contributed by atoms with E-state index in [1.165, 1.54) is 4.90 Å². The quantitative estimate of drug-likeness (QED) is 0.425. The van der Waals surface area contributed by atoms with E-state index in [4.69, 9.17) is 0 Å². The lowest BCUT2D eigenvalue weighted by Crippen LogP contribution is -2.42. The molecule has 25 heavy (non-hydrogen) atoms. The summed E-state index contributed by atoms with van der Waals surface area (Å²) in [6.45, 7) is 11.1. The summed E-state index contributed by atoms with van der Waals surface area (Å²) >= 11 is 0.